The van der Waals surface area contributed by atoms with E-state index in [0.29, 0.717) is 18.9 Å². The first-order chi connectivity index (χ1) is 12.6. The van der Waals surface area contributed by atoms with Crippen LogP contribution in [0.25, 0.3) is 0 Å². The number of rotatable bonds is 8. The van der Waals surface area contributed by atoms with E-state index in [2.05, 4.69) is 15.2 Å². The van der Waals surface area contributed by atoms with Crippen molar-refractivity contribution in [2.75, 3.05) is 50.8 Å². The maximum Gasteiger partial charge on any atom is 0.244 e. The molecule has 0 unspecified atom stereocenters. The molecule has 0 saturated carbocycles. The standard InChI is InChI=1S/C17H24N4O3S2/c1-20-7-9-21(10-8-20)26(22,23)16-4-5-17(19-13-16)18-6-12-25-14-15-3-2-11-24-15/h2-5,11,13H,6-10,12,14H2,1H3,(H,18,19). The van der Waals surface area contributed by atoms with Gasteiger partial charge in [-0.1, -0.05) is 0 Å². The molecule has 1 saturated heterocycles. The van der Waals surface area contributed by atoms with Crippen LogP contribution >= 0.6 is 11.8 Å². The van der Waals surface area contributed by atoms with Crippen molar-refractivity contribution in [3.63, 3.8) is 0 Å². The number of anilines is 1. The van der Waals surface area contributed by atoms with E-state index in [1.165, 1.54) is 10.5 Å². The fourth-order valence-electron chi connectivity index (χ4n) is 2.63. The summed E-state index contributed by atoms with van der Waals surface area (Å²) in [6.07, 6.45) is 3.11. The Morgan fingerprint density at radius 3 is 2.69 bits per heavy atom. The third-order valence-corrected chi connectivity index (χ3v) is 7.08. The molecule has 0 spiro atoms. The molecule has 1 N–H and O–H groups in total. The summed E-state index contributed by atoms with van der Waals surface area (Å²) in [5.74, 6) is 3.39. The predicted octanol–water partition coefficient (Wildman–Crippen LogP) is 1.96. The average molecular weight is 397 g/mol. The summed E-state index contributed by atoms with van der Waals surface area (Å²) < 4.78 is 32.1. The minimum Gasteiger partial charge on any atom is -0.468 e. The number of aromatic nitrogens is 1. The van der Waals surface area contributed by atoms with Gasteiger partial charge in [-0.05, 0) is 31.3 Å². The monoisotopic (exact) mass is 396 g/mol. The number of sulfonamides is 1. The number of likely N-dealkylation sites (N-methyl/N-ethyl adjacent to an activating group) is 1. The van der Waals surface area contributed by atoms with Crippen molar-refractivity contribution in [1.82, 2.24) is 14.2 Å². The van der Waals surface area contributed by atoms with Crippen LogP contribution in [0.1, 0.15) is 5.76 Å². The zero-order chi connectivity index (χ0) is 18.4. The van der Waals surface area contributed by atoms with Crippen molar-refractivity contribution in [3.8, 4) is 0 Å². The molecule has 0 radical (unpaired) electrons. The van der Waals surface area contributed by atoms with Crippen LogP contribution in [0.5, 0.6) is 0 Å². The lowest BCUT2D eigenvalue weighted by atomic mass is 10.4. The Kier molecular flexibility index (Phi) is 6.58. The molecule has 7 nitrogen and oxygen atoms in total. The first kappa shape index (κ1) is 19.2. The molecule has 1 aliphatic rings. The van der Waals surface area contributed by atoms with Gasteiger partial charge in [-0.15, -0.1) is 0 Å². The number of hydrogen-bond donors (Lipinski definition) is 1. The molecule has 0 aromatic carbocycles. The van der Waals surface area contributed by atoms with Gasteiger partial charge in [0.1, 0.15) is 16.5 Å². The Bertz CT molecular complexity index is 771. The molecule has 3 heterocycles. The van der Waals surface area contributed by atoms with E-state index in [4.69, 9.17) is 4.42 Å². The van der Waals surface area contributed by atoms with Gasteiger partial charge in [-0.25, -0.2) is 13.4 Å². The smallest absolute Gasteiger partial charge is 0.244 e. The summed E-state index contributed by atoms with van der Waals surface area (Å²) in [6, 6.07) is 7.19. The molecule has 142 valence electrons. The van der Waals surface area contributed by atoms with Crippen LogP contribution in [-0.2, 0) is 15.8 Å². The number of piperazine rings is 1. The van der Waals surface area contributed by atoms with Gasteiger partial charge in [0.05, 0.1) is 12.0 Å². The van der Waals surface area contributed by atoms with Crippen molar-refractivity contribution in [3.05, 3.63) is 42.5 Å². The van der Waals surface area contributed by atoms with Crippen LogP contribution in [-0.4, -0.2) is 68.1 Å². The van der Waals surface area contributed by atoms with E-state index in [1.54, 1.807) is 30.2 Å². The van der Waals surface area contributed by atoms with Crippen LogP contribution < -0.4 is 5.32 Å². The van der Waals surface area contributed by atoms with Crippen LogP contribution in [0.3, 0.4) is 0 Å². The third-order valence-electron chi connectivity index (χ3n) is 4.21. The van der Waals surface area contributed by atoms with Gasteiger partial charge in [0.25, 0.3) is 0 Å². The van der Waals surface area contributed by atoms with Gasteiger partial charge < -0.3 is 14.6 Å². The molecule has 1 fully saturated rings. The summed E-state index contributed by atoms with van der Waals surface area (Å²) >= 11 is 1.77. The fraction of sp³-hybridized carbons (Fsp3) is 0.471. The molecule has 0 amide bonds. The topological polar surface area (TPSA) is 78.7 Å². The molecule has 1 aliphatic heterocycles. The Morgan fingerprint density at radius 2 is 2.04 bits per heavy atom. The number of nitrogens with zero attached hydrogens (tertiary/aromatic N) is 3. The van der Waals surface area contributed by atoms with E-state index in [-0.39, 0.29) is 4.90 Å². The second-order valence-corrected chi connectivity index (χ2v) is 9.19. The van der Waals surface area contributed by atoms with E-state index >= 15 is 0 Å². The number of nitrogens with one attached hydrogen (secondary N) is 1. The maximum atomic E-state index is 12.7. The zero-order valence-corrected chi connectivity index (χ0v) is 16.4. The molecule has 9 heteroatoms. The van der Waals surface area contributed by atoms with Crippen molar-refractivity contribution in [1.29, 1.82) is 0 Å². The third kappa shape index (κ3) is 5.00. The van der Waals surface area contributed by atoms with E-state index < -0.39 is 10.0 Å². The highest BCUT2D eigenvalue weighted by Gasteiger charge is 2.27. The lowest BCUT2D eigenvalue weighted by molar-refractivity contribution is 0.222. The SMILES string of the molecule is CN1CCN(S(=O)(=O)c2ccc(NCCSCc3ccco3)nc2)CC1. The molecule has 2 aromatic rings. The largest absolute Gasteiger partial charge is 0.468 e. The second kappa shape index (κ2) is 8.90. The molecule has 3 rings (SSSR count). The number of pyridine rings is 1. The lowest BCUT2D eigenvalue weighted by Crippen LogP contribution is -2.47. The first-order valence-electron chi connectivity index (χ1n) is 8.54. The summed E-state index contributed by atoms with van der Waals surface area (Å²) in [5.41, 5.74) is 0. The van der Waals surface area contributed by atoms with Crippen LogP contribution in [0.4, 0.5) is 5.82 Å². The highest BCUT2D eigenvalue weighted by molar-refractivity contribution is 7.98. The molecule has 0 bridgehead atoms. The Labute approximate surface area is 158 Å². The van der Waals surface area contributed by atoms with E-state index in [1.807, 2.05) is 19.2 Å². The second-order valence-electron chi connectivity index (χ2n) is 6.15. The lowest BCUT2D eigenvalue weighted by Gasteiger charge is -2.31. The van der Waals surface area contributed by atoms with Crippen molar-refractivity contribution >= 4 is 27.6 Å². The van der Waals surface area contributed by atoms with Crippen molar-refractivity contribution < 1.29 is 12.8 Å². The minimum atomic E-state index is -3.45. The minimum absolute atomic E-state index is 0.250. The number of hydrogen-bond acceptors (Lipinski definition) is 7. The summed E-state index contributed by atoms with van der Waals surface area (Å²) in [5, 5.41) is 3.21. The molecule has 0 aliphatic carbocycles. The molecule has 26 heavy (non-hydrogen) atoms. The summed E-state index contributed by atoms with van der Waals surface area (Å²) in [7, 11) is -1.46. The normalized spacial score (nSPS) is 16.7. The quantitative estimate of drug-likeness (QED) is 0.683. The number of thioether (sulfide) groups is 1. The Morgan fingerprint density at radius 1 is 1.23 bits per heavy atom. The molecule has 0 atom stereocenters. The van der Waals surface area contributed by atoms with Crippen LogP contribution in [0, 0.1) is 0 Å². The molecular formula is C17H24N4O3S2. The van der Waals surface area contributed by atoms with E-state index in [9.17, 15) is 8.42 Å². The van der Waals surface area contributed by atoms with Gasteiger partial charge in [-0.3, -0.25) is 0 Å². The predicted molar refractivity (Wildman–Crippen MR) is 104 cm³/mol. The number of furan rings is 1. The zero-order valence-electron chi connectivity index (χ0n) is 14.8. The Balaban J connectivity index is 1.46. The van der Waals surface area contributed by atoms with Gasteiger partial charge in [0.2, 0.25) is 10.0 Å². The fourth-order valence-corrected chi connectivity index (χ4v) is 4.76. The first-order valence-corrected chi connectivity index (χ1v) is 11.1. The summed E-state index contributed by atoms with van der Waals surface area (Å²) in [4.78, 5) is 6.62. The summed E-state index contributed by atoms with van der Waals surface area (Å²) in [6.45, 7) is 3.30. The van der Waals surface area contributed by atoms with Gasteiger partial charge >= 0.3 is 0 Å². The van der Waals surface area contributed by atoms with Gasteiger partial charge in [0, 0.05) is 44.7 Å². The van der Waals surface area contributed by atoms with Gasteiger partial charge in [0.15, 0.2) is 0 Å². The highest BCUT2D eigenvalue weighted by atomic mass is 32.2. The highest BCUT2D eigenvalue weighted by Crippen LogP contribution is 2.18. The van der Waals surface area contributed by atoms with Gasteiger partial charge in [-0.2, -0.15) is 16.1 Å². The van der Waals surface area contributed by atoms with Crippen molar-refractivity contribution in [2.45, 2.75) is 10.6 Å². The van der Waals surface area contributed by atoms with Crippen molar-refractivity contribution in [2.24, 2.45) is 0 Å². The molecular weight excluding hydrogens is 372 g/mol. The Hall–Kier alpha value is -1.55. The van der Waals surface area contributed by atoms with Crippen LogP contribution in [0.15, 0.2) is 46.0 Å². The molecule has 2 aromatic heterocycles. The van der Waals surface area contributed by atoms with E-state index in [0.717, 1.165) is 36.9 Å². The average Bonchev–Trinajstić information content (AvgIpc) is 3.16. The van der Waals surface area contributed by atoms with Crippen LogP contribution in [0.2, 0.25) is 0 Å². The maximum absolute atomic E-state index is 12.7.